The number of amides is 2. The molecule has 0 spiro atoms. The predicted octanol–water partition coefficient (Wildman–Crippen LogP) is 2.85. The first-order chi connectivity index (χ1) is 11.9. The third-order valence-electron chi connectivity index (χ3n) is 2.91. The Labute approximate surface area is 155 Å². The molecular formula is C15H11BrClN3O5. The second-order valence-corrected chi connectivity index (χ2v) is 5.96. The lowest BCUT2D eigenvalue weighted by Gasteiger charge is -2.10. The van der Waals surface area contributed by atoms with Crippen molar-refractivity contribution in [3.63, 3.8) is 0 Å². The number of nitro groups is 1. The van der Waals surface area contributed by atoms with Crippen molar-refractivity contribution >= 4 is 45.0 Å². The van der Waals surface area contributed by atoms with Crippen LogP contribution in [0.1, 0.15) is 10.4 Å². The lowest BCUT2D eigenvalue weighted by Crippen LogP contribution is -2.43. The topological polar surface area (TPSA) is 111 Å². The molecule has 0 aliphatic carbocycles. The number of nitrogens with one attached hydrogen (secondary N) is 2. The van der Waals surface area contributed by atoms with Gasteiger partial charge in [0.1, 0.15) is 5.75 Å². The van der Waals surface area contributed by atoms with Crippen LogP contribution in [0.3, 0.4) is 0 Å². The van der Waals surface area contributed by atoms with Crippen LogP contribution in [-0.2, 0) is 4.79 Å². The smallest absolute Gasteiger partial charge is 0.276 e. The predicted molar refractivity (Wildman–Crippen MR) is 93.4 cm³/mol. The molecule has 8 nitrogen and oxygen atoms in total. The van der Waals surface area contributed by atoms with Crippen LogP contribution in [0, 0.1) is 10.1 Å². The van der Waals surface area contributed by atoms with Crippen LogP contribution in [0.2, 0.25) is 5.02 Å². The lowest BCUT2D eigenvalue weighted by molar-refractivity contribution is -0.384. The van der Waals surface area contributed by atoms with E-state index in [9.17, 15) is 19.7 Å². The van der Waals surface area contributed by atoms with Gasteiger partial charge in [-0.05, 0) is 46.3 Å². The van der Waals surface area contributed by atoms with Crippen LogP contribution in [0.15, 0.2) is 46.9 Å². The number of halogens is 2. The number of ether oxygens (including phenoxy) is 1. The molecule has 2 aromatic carbocycles. The SMILES string of the molecule is O=C(COc1ccc(Cl)cc1Br)NNC(=O)c1ccc([N+](=O)[O-])cc1. The molecule has 0 aliphatic heterocycles. The second-order valence-electron chi connectivity index (χ2n) is 4.67. The third-order valence-corrected chi connectivity index (χ3v) is 3.76. The van der Waals surface area contributed by atoms with Crippen LogP contribution in [0.4, 0.5) is 5.69 Å². The Kier molecular flexibility index (Phi) is 6.31. The largest absolute Gasteiger partial charge is 0.483 e. The Balaban J connectivity index is 1.82. The van der Waals surface area contributed by atoms with Crippen LogP contribution < -0.4 is 15.6 Å². The van der Waals surface area contributed by atoms with E-state index < -0.39 is 16.7 Å². The standard InChI is InChI=1S/C15H11BrClN3O5/c16-12-7-10(17)3-6-13(12)25-8-14(21)18-19-15(22)9-1-4-11(5-2-9)20(23)24/h1-7H,8H2,(H,18,21)(H,19,22). The van der Waals surface area contributed by atoms with Gasteiger partial charge in [0.25, 0.3) is 17.5 Å². The first-order valence-corrected chi connectivity index (χ1v) is 7.95. The number of carbonyl (C=O) groups is 2. The Morgan fingerprint density at radius 2 is 1.84 bits per heavy atom. The summed E-state index contributed by atoms with van der Waals surface area (Å²) in [7, 11) is 0. The van der Waals surface area contributed by atoms with Crippen molar-refractivity contribution < 1.29 is 19.2 Å². The van der Waals surface area contributed by atoms with Gasteiger partial charge in [-0.1, -0.05) is 11.6 Å². The maximum absolute atomic E-state index is 11.8. The van der Waals surface area contributed by atoms with Gasteiger partial charge in [0.15, 0.2) is 6.61 Å². The summed E-state index contributed by atoms with van der Waals surface area (Å²) in [5.74, 6) is -0.783. The van der Waals surface area contributed by atoms with E-state index in [1.807, 2.05) is 0 Å². The molecule has 0 bridgehead atoms. The molecular weight excluding hydrogens is 418 g/mol. The minimum atomic E-state index is -0.615. The molecule has 2 N–H and O–H groups in total. The van der Waals surface area contributed by atoms with E-state index in [0.717, 1.165) is 0 Å². The van der Waals surface area contributed by atoms with E-state index in [0.29, 0.717) is 15.2 Å². The van der Waals surface area contributed by atoms with Crippen molar-refractivity contribution in [1.82, 2.24) is 10.9 Å². The molecule has 0 atom stereocenters. The number of hydrogen-bond donors (Lipinski definition) is 2. The van der Waals surface area contributed by atoms with Crippen molar-refractivity contribution in [3.05, 3.63) is 67.6 Å². The summed E-state index contributed by atoms with van der Waals surface area (Å²) in [5.41, 5.74) is 4.39. The maximum Gasteiger partial charge on any atom is 0.276 e. The van der Waals surface area contributed by atoms with Crippen molar-refractivity contribution in [1.29, 1.82) is 0 Å². The summed E-state index contributed by atoms with van der Waals surface area (Å²) in [5, 5.41) is 11.1. The molecule has 2 aromatic rings. The summed E-state index contributed by atoms with van der Waals surface area (Å²) in [6, 6.07) is 9.76. The summed E-state index contributed by atoms with van der Waals surface area (Å²) < 4.78 is 5.88. The molecule has 0 radical (unpaired) electrons. The minimum absolute atomic E-state index is 0.137. The number of rotatable bonds is 5. The maximum atomic E-state index is 11.8. The summed E-state index contributed by atoms with van der Waals surface area (Å²) in [4.78, 5) is 33.5. The molecule has 0 unspecified atom stereocenters. The van der Waals surface area contributed by atoms with Crippen molar-refractivity contribution in [3.8, 4) is 5.75 Å². The minimum Gasteiger partial charge on any atom is -0.483 e. The highest BCUT2D eigenvalue weighted by Gasteiger charge is 2.11. The van der Waals surface area contributed by atoms with E-state index in [-0.39, 0.29) is 17.9 Å². The zero-order valence-electron chi connectivity index (χ0n) is 12.5. The number of benzene rings is 2. The highest BCUT2D eigenvalue weighted by Crippen LogP contribution is 2.27. The quantitative estimate of drug-likeness (QED) is 0.562. The van der Waals surface area contributed by atoms with Gasteiger partial charge in [-0.25, -0.2) is 0 Å². The molecule has 2 rings (SSSR count). The average Bonchev–Trinajstić information content (AvgIpc) is 2.59. The molecule has 10 heteroatoms. The number of nitrogens with zero attached hydrogens (tertiary/aromatic N) is 1. The highest BCUT2D eigenvalue weighted by molar-refractivity contribution is 9.10. The van der Waals surface area contributed by atoms with Crippen molar-refractivity contribution in [2.45, 2.75) is 0 Å². The molecule has 0 aliphatic rings. The monoisotopic (exact) mass is 427 g/mol. The fourth-order valence-corrected chi connectivity index (χ4v) is 2.50. The normalized spacial score (nSPS) is 10.0. The zero-order valence-corrected chi connectivity index (χ0v) is 14.8. The van der Waals surface area contributed by atoms with E-state index in [4.69, 9.17) is 16.3 Å². The molecule has 0 heterocycles. The van der Waals surface area contributed by atoms with Crippen LogP contribution in [-0.4, -0.2) is 23.3 Å². The summed E-state index contributed by atoms with van der Waals surface area (Å²) in [6.07, 6.45) is 0. The van der Waals surface area contributed by atoms with Gasteiger partial charge in [-0.2, -0.15) is 0 Å². The number of nitro benzene ring substituents is 1. The number of carbonyl (C=O) groups excluding carboxylic acids is 2. The summed E-state index contributed by atoms with van der Waals surface area (Å²) >= 11 is 9.05. The van der Waals surface area contributed by atoms with E-state index in [1.54, 1.807) is 18.2 Å². The van der Waals surface area contributed by atoms with E-state index in [1.165, 1.54) is 24.3 Å². The highest BCUT2D eigenvalue weighted by atomic mass is 79.9. The lowest BCUT2D eigenvalue weighted by atomic mass is 10.2. The molecule has 130 valence electrons. The summed E-state index contributed by atoms with van der Waals surface area (Å²) in [6.45, 7) is -0.333. The first-order valence-electron chi connectivity index (χ1n) is 6.78. The third kappa shape index (κ3) is 5.44. The number of hydrazine groups is 1. The Morgan fingerprint density at radius 3 is 2.44 bits per heavy atom. The molecule has 0 saturated carbocycles. The number of hydrogen-bond acceptors (Lipinski definition) is 5. The van der Waals surface area contributed by atoms with Crippen molar-refractivity contribution in [2.75, 3.05) is 6.61 Å². The average molecular weight is 429 g/mol. The van der Waals surface area contributed by atoms with Gasteiger partial charge in [-0.3, -0.25) is 30.6 Å². The molecule has 2 amide bonds. The van der Waals surface area contributed by atoms with E-state index in [2.05, 4.69) is 26.8 Å². The van der Waals surface area contributed by atoms with Gasteiger partial charge in [0, 0.05) is 22.7 Å². The van der Waals surface area contributed by atoms with Gasteiger partial charge in [-0.15, -0.1) is 0 Å². The second kappa shape index (κ2) is 8.45. The van der Waals surface area contributed by atoms with E-state index >= 15 is 0 Å². The van der Waals surface area contributed by atoms with Crippen molar-refractivity contribution in [2.24, 2.45) is 0 Å². The Hall–Kier alpha value is -2.65. The molecule has 0 aromatic heterocycles. The zero-order chi connectivity index (χ0) is 18.4. The molecule has 25 heavy (non-hydrogen) atoms. The first kappa shape index (κ1) is 18.7. The Bertz CT molecular complexity index is 813. The van der Waals surface area contributed by atoms with Crippen LogP contribution >= 0.6 is 27.5 Å². The van der Waals surface area contributed by atoms with Crippen LogP contribution in [0.5, 0.6) is 5.75 Å². The van der Waals surface area contributed by atoms with Crippen LogP contribution in [0.25, 0.3) is 0 Å². The molecule has 0 saturated heterocycles. The van der Waals surface area contributed by atoms with Gasteiger partial charge < -0.3 is 4.74 Å². The number of non-ortho nitro benzene ring substituents is 1. The van der Waals surface area contributed by atoms with Gasteiger partial charge >= 0.3 is 0 Å². The Morgan fingerprint density at radius 1 is 1.16 bits per heavy atom. The molecule has 0 fully saturated rings. The fourth-order valence-electron chi connectivity index (χ4n) is 1.70. The van der Waals surface area contributed by atoms with Gasteiger partial charge in [0.05, 0.1) is 9.40 Å². The fraction of sp³-hybridized carbons (Fsp3) is 0.0667. The van der Waals surface area contributed by atoms with Gasteiger partial charge in [0.2, 0.25) is 0 Å².